The molecule has 0 bridgehead atoms. The number of anilines is 1. The number of nitrogens with one attached hydrogen (secondary N) is 3. The maximum absolute atomic E-state index is 13.0. The summed E-state index contributed by atoms with van der Waals surface area (Å²) in [4.78, 5) is 27.6. The summed E-state index contributed by atoms with van der Waals surface area (Å²) in [5.74, 6) is 1.35. The second-order valence-electron chi connectivity index (χ2n) is 8.04. The lowest BCUT2D eigenvalue weighted by atomic mass is 10.0. The van der Waals surface area contributed by atoms with Crippen molar-refractivity contribution in [3.05, 3.63) is 54.0 Å². The Bertz CT molecular complexity index is 846. The Balaban J connectivity index is 1.62. The van der Waals surface area contributed by atoms with Crippen LogP contribution in [0, 0.1) is 12.8 Å². The summed E-state index contributed by atoms with van der Waals surface area (Å²) in [5.41, 5.74) is 0.670. The molecule has 8 nitrogen and oxygen atoms in total. The Kier molecular flexibility index (Phi) is 8.08. The molecule has 2 aromatic rings. The van der Waals surface area contributed by atoms with Crippen molar-refractivity contribution in [3.63, 3.8) is 0 Å². The minimum absolute atomic E-state index is 0.0748. The van der Waals surface area contributed by atoms with Crippen LogP contribution in [0.15, 0.2) is 46.9 Å². The van der Waals surface area contributed by atoms with E-state index in [2.05, 4.69) is 20.9 Å². The molecule has 0 spiro atoms. The number of amides is 3. The molecule has 1 saturated heterocycles. The Morgan fingerprint density at radius 2 is 1.77 bits per heavy atom. The number of rotatable bonds is 8. The third-order valence-corrected chi connectivity index (χ3v) is 5.31. The molecule has 2 unspecified atom stereocenters. The molecule has 0 saturated carbocycles. The second kappa shape index (κ2) is 11.0. The summed E-state index contributed by atoms with van der Waals surface area (Å²) in [6, 6.07) is 11.9. The predicted molar refractivity (Wildman–Crippen MR) is 119 cm³/mol. The van der Waals surface area contributed by atoms with Crippen LogP contribution in [-0.2, 0) is 9.53 Å². The van der Waals surface area contributed by atoms with E-state index in [4.69, 9.17) is 9.15 Å². The SMILES string of the molecule is Cc1ccc(C(CNC(=O)C(NC(=O)Nc2ccccc2)C(C)C)N2CCOCC2)o1. The van der Waals surface area contributed by atoms with E-state index in [9.17, 15) is 9.59 Å². The van der Waals surface area contributed by atoms with Crippen molar-refractivity contribution in [2.45, 2.75) is 32.9 Å². The fourth-order valence-electron chi connectivity index (χ4n) is 3.60. The molecule has 0 radical (unpaired) electrons. The van der Waals surface area contributed by atoms with Crippen LogP contribution in [0.5, 0.6) is 0 Å². The zero-order chi connectivity index (χ0) is 22.2. The lowest BCUT2D eigenvalue weighted by Crippen LogP contribution is -2.52. The van der Waals surface area contributed by atoms with Crippen molar-refractivity contribution in [2.75, 3.05) is 38.2 Å². The van der Waals surface area contributed by atoms with Gasteiger partial charge >= 0.3 is 6.03 Å². The van der Waals surface area contributed by atoms with E-state index in [0.717, 1.165) is 24.6 Å². The third kappa shape index (κ3) is 6.57. The molecule has 2 atom stereocenters. The summed E-state index contributed by atoms with van der Waals surface area (Å²) in [6.07, 6.45) is 0. The van der Waals surface area contributed by atoms with Crippen molar-refractivity contribution >= 4 is 17.6 Å². The van der Waals surface area contributed by atoms with E-state index in [1.807, 2.05) is 51.1 Å². The number of hydrogen-bond donors (Lipinski definition) is 3. The minimum atomic E-state index is -0.660. The van der Waals surface area contributed by atoms with Crippen LogP contribution < -0.4 is 16.0 Å². The van der Waals surface area contributed by atoms with Gasteiger partial charge in [0.2, 0.25) is 5.91 Å². The molecule has 1 fully saturated rings. The van der Waals surface area contributed by atoms with Crippen molar-refractivity contribution in [1.29, 1.82) is 0 Å². The van der Waals surface area contributed by atoms with E-state index < -0.39 is 12.1 Å². The lowest BCUT2D eigenvalue weighted by molar-refractivity contribution is -0.124. The van der Waals surface area contributed by atoms with Gasteiger partial charge in [-0.05, 0) is 37.1 Å². The van der Waals surface area contributed by atoms with Crippen LogP contribution in [-0.4, -0.2) is 55.7 Å². The monoisotopic (exact) mass is 428 g/mol. The summed E-state index contributed by atoms with van der Waals surface area (Å²) >= 11 is 0. The molecule has 3 N–H and O–H groups in total. The molecular formula is C23H32N4O4. The average Bonchev–Trinajstić information content (AvgIpc) is 3.19. The highest BCUT2D eigenvalue weighted by molar-refractivity contribution is 5.93. The van der Waals surface area contributed by atoms with Gasteiger partial charge in [0, 0.05) is 25.3 Å². The summed E-state index contributed by atoms with van der Waals surface area (Å²) in [7, 11) is 0. The summed E-state index contributed by atoms with van der Waals surface area (Å²) < 4.78 is 11.3. The first-order valence-electron chi connectivity index (χ1n) is 10.7. The van der Waals surface area contributed by atoms with Gasteiger partial charge < -0.3 is 25.1 Å². The number of carbonyl (C=O) groups excluding carboxylic acids is 2. The molecule has 1 aromatic heterocycles. The van der Waals surface area contributed by atoms with Crippen molar-refractivity contribution in [1.82, 2.24) is 15.5 Å². The van der Waals surface area contributed by atoms with Gasteiger partial charge in [-0.3, -0.25) is 9.69 Å². The number of carbonyl (C=O) groups is 2. The highest BCUT2D eigenvalue weighted by atomic mass is 16.5. The Morgan fingerprint density at radius 1 is 1.06 bits per heavy atom. The van der Waals surface area contributed by atoms with Crippen molar-refractivity contribution < 1.29 is 18.7 Å². The average molecular weight is 429 g/mol. The number of nitrogens with zero attached hydrogens (tertiary/aromatic N) is 1. The van der Waals surface area contributed by atoms with Gasteiger partial charge in [-0.25, -0.2) is 4.79 Å². The van der Waals surface area contributed by atoms with Crippen LogP contribution >= 0.6 is 0 Å². The largest absolute Gasteiger partial charge is 0.465 e. The third-order valence-electron chi connectivity index (χ3n) is 5.31. The van der Waals surface area contributed by atoms with E-state index in [0.29, 0.717) is 25.4 Å². The fourth-order valence-corrected chi connectivity index (χ4v) is 3.60. The van der Waals surface area contributed by atoms with E-state index >= 15 is 0 Å². The number of aryl methyl sites for hydroxylation is 1. The molecule has 1 aromatic carbocycles. The molecule has 3 rings (SSSR count). The molecule has 168 valence electrons. The number of ether oxygens (including phenoxy) is 1. The minimum Gasteiger partial charge on any atom is -0.465 e. The Morgan fingerprint density at radius 3 is 2.39 bits per heavy atom. The second-order valence-corrected chi connectivity index (χ2v) is 8.04. The number of benzene rings is 1. The van der Waals surface area contributed by atoms with Crippen LogP contribution in [0.1, 0.15) is 31.4 Å². The van der Waals surface area contributed by atoms with Gasteiger partial charge in [0.15, 0.2) is 0 Å². The number of morpholine rings is 1. The Labute approximate surface area is 183 Å². The number of hydrogen-bond acceptors (Lipinski definition) is 5. The van der Waals surface area contributed by atoms with Crippen molar-refractivity contribution in [3.8, 4) is 0 Å². The molecule has 3 amide bonds. The topological polar surface area (TPSA) is 95.8 Å². The first kappa shape index (κ1) is 22.8. The lowest BCUT2D eigenvalue weighted by Gasteiger charge is -2.34. The zero-order valence-electron chi connectivity index (χ0n) is 18.4. The molecule has 1 aliphatic heterocycles. The van der Waals surface area contributed by atoms with E-state index in [-0.39, 0.29) is 17.9 Å². The molecular weight excluding hydrogens is 396 g/mol. The smallest absolute Gasteiger partial charge is 0.319 e. The Hall–Kier alpha value is -2.84. The van der Waals surface area contributed by atoms with Crippen LogP contribution in [0.3, 0.4) is 0 Å². The highest BCUT2D eigenvalue weighted by Gasteiger charge is 2.29. The van der Waals surface area contributed by atoms with Gasteiger partial charge in [-0.1, -0.05) is 32.0 Å². The van der Waals surface area contributed by atoms with Crippen LogP contribution in [0.2, 0.25) is 0 Å². The summed E-state index contributed by atoms with van der Waals surface area (Å²) in [5, 5.41) is 8.57. The predicted octanol–water partition coefficient (Wildman–Crippen LogP) is 2.92. The first-order valence-corrected chi connectivity index (χ1v) is 10.7. The zero-order valence-corrected chi connectivity index (χ0v) is 18.4. The maximum atomic E-state index is 13.0. The molecule has 1 aliphatic rings. The van der Waals surface area contributed by atoms with Crippen molar-refractivity contribution in [2.24, 2.45) is 5.92 Å². The van der Waals surface area contributed by atoms with Crippen LogP contribution in [0.4, 0.5) is 10.5 Å². The number of para-hydroxylation sites is 1. The van der Waals surface area contributed by atoms with E-state index in [1.165, 1.54) is 0 Å². The molecule has 2 heterocycles. The number of furan rings is 1. The van der Waals surface area contributed by atoms with Gasteiger partial charge in [0.1, 0.15) is 17.6 Å². The first-order chi connectivity index (χ1) is 14.9. The normalized spacial score (nSPS) is 16.5. The highest BCUT2D eigenvalue weighted by Crippen LogP contribution is 2.23. The number of urea groups is 1. The molecule has 31 heavy (non-hydrogen) atoms. The molecule has 8 heteroatoms. The fraction of sp³-hybridized carbons (Fsp3) is 0.478. The van der Waals surface area contributed by atoms with Gasteiger partial charge in [0.05, 0.1) is 19.3 Å². The van der Waals surface area contributed by atoms with Crippen LogP contribution in [0.25, 0.3) is 0 Å². The molecule has 0 aliphatic carbocycles. The maximum Gasteiger partial charge on any atom is 0.319 e. The quantitative estimate of drug-likeness (QED) is 0.601. The standard InChI is InChI=1S/C23H32N4O4/c1-16(2)21(26-23(29)25-18-7-5-4-6-8-18)22(28)24-15-19(20-10-9-17(3)31-20)27-11-13-30-14-12-27/h4-10,16,19,21H,11-15H2,1-3H3,(H,24,28)(H2,25,26,29). The van der Waals surface area contributed by atoms with Gasteiger partial charge in [-0.2, -0.15) is 0 Å². The summed E-state index contributed by atoms with van der Waals surface area (Å²) in [6.45, 7) is 8.95. The van der Waals surface area contributed by atoms with Gasteiger partial charge in [-0.15, -0.1) is 0 Å². The van der Waals surface area contributed by atoms with Gasteiger partial charge in [0.25, 0.3) is 0 Å². The van der Waals surface area contributed by atoms with E-state index in [1.54, 1.807) is 12.1 Å².